The standard InChI is InChI=1S/C11H16ClNO2/c1-9-8-10(12)2-3-11(9)13(4-6-14)5-7-15/h2-3,8,14-15H,4-7H2,1H3. The van der Waals surface area contributed by atoms with Gasteiger partial charge in [0.05, 0.1) is 13.2 Å². The van der Waals surface area contributed by atoms with Crippen molar-refractivity contribution in [1.82, 2.24) is 0 Å². The highest BCUT2D eigenvalue weighted by Crippen LogP contribution is 2.23. The van der Waals surface area contributed by atoms with E-state index in [0.717, 1.165) is 11.3 Å². The Labute approximate surface area is 94.9 Å². The Bertz CT molecular complexity index is 311. The molecule has 0 saturated heterocycles. The molecule has 1 aromatic rings. The van der Waals surface area contributed by atoms with E-state index in [-0.39, 0.29) is 13.2 Å². The Morgan fingerprint density at radius 2 is 1.80 bits per heavy atom. The third-order valence-corrected chi connectivity index (χ3v) is 2.47. The Balaban J connectivity index is 2.89. The van der Waals surface area contributed by atoms with Crippen LogP contribution in [0.4, 0.5) is 5.69 Å². The third-order valence-electron chi connectivity index (χ3n) is 2.24. The topological polar surface area (TPSA) is 43.7 Å². The Kier molecular flexibility index (Phi) is 4.88. The number of aryl methyl sites for hydroxylation is 1. The smallest absolute Gasteiger partial charge is 0.0606 e. The van der Waals surface area contributed by atoms with Crippen LogP contribution < -0.4 is 4.90 Å². The fourth-order valence-corrected chi connectivity index (χ4v) is 1.79. The SMILES string of the molecule is Cc1cc(Cl)ccc1N(CCO)CCO. The number of halogens is 1. The van der Waals surface area contributed by atoms with Gasteiger partial charge in [0.2, 0.25) is 0 Å². The Morgan fingerprint density at radius 3 is 2.27 bits per heavy atom. The van der Waals surface area contributed by atoms with Crippen molar-refractivity contribution >= 4 is 17.3 Å². The zero-order valence-corrected chi connectivity index (χ0v) is 9.54. The molecule has 0 amide bonds. The second-order valence-electron chi connectivity index (χ2n) is 3.37. The fourth-order valence-electron chi connectivity index (χ4n) is 1.57. The van der Waals surface area contributed by atoms with E-state index in [4.69, 9.17) is 21.8 Å². The van der Waals surface area contributed by atoms with Crippen molar-refractivity contribution in [2.75, 3.05) is 31.2 Å². The summed E-state index contributed by atoms with van der Waals surface area (Å²) in [6.07, 6.45) is 0. The lowest BCUT2D eigenvalue weighted by Crippen LogP contribution is -2.30. The minimum Gasteiger partial charge on any atom is -0.395 e. The molecule has 0 unspecified atom stereocenters. The molecule has 0 aliphatic carbocycles. The van der Waals surface area contributed by atoms with Crippen molar-refractivity contribution in [3.8, 4) is 0 Å². The average Bonchev–Trinajstić information content (AvgIpc) is 2.17. The molecule has 0 atom stereocenters. The van der Waals surface area contributed by atoms with E-state index in [9.17, 15) is 0 Å². The summed E-state index contributed by atoms with van der Waals surface area (Å²) >= 11 is 5.86. The van der Waals surface area contributed by atoms with Crippen LogP contribution >= 0.6 is 11.6 Å². The van der Waals surface area contributed by atoms with Gasteiger partial charge in [0.15, 0.2) is 0 Å². The molecule has 4 heteroatoms. The second-order valence-corrected chi connectivity index (χ2v) is 3.80. The van der Waals surface area contributed by atoms with Crippen LogP contribution in [-0.4, -0.2) is 36.5 Å². The molecule has 0 fully saturated rings. The molecule has 3 nitrogen and oxygen atoms in total. The van der Waals surface area contributed by atoms with Gasteiger partial charge in [-0.25, -0.2) is 0 Å². The van der Waals surface area contributed by atoms with Crippen molar-refractivity contribution in [3.05, 3.63) is 28.8 Å². The van der Waals surface area contributed by atoms with Crippen LogP contribution in [0.2, 0.25) is 5.02 Å². The Hall–Kier alpha value is -0.770. The number of hydrogen-bond donors (Lipinski definition) is 2. The van der Waals surface area contributed by atoms with Crippen LogP contribution in [0.3, 0.4) is 0 Å². The number of nitrogens with zero attached hydrogens (tertiary/aromatic N) is 1. The molecule has 0 radical (unpaired) electrons. The molecule has 0 saturated carbocycles. The van der Waals surface area contributed by atoms with Crippen LogP contribution in [0, 0.1) is 6.92 Å². The van der Waals surface area contributed by atoms with Gasteiger partial charge in [-0.2, -0.15) is 0 Å². The normalized spacial score (nSPS) is 10.4. The lowest BCUT2D eigenvalue weighted by molar-refractivity contribution is 0.281. The van der Waals surface area contributed by atoms with Crippen LogP contribution in [0.25, 0.3) is 0 Å². The fraction of sp³-hybridized carbons (Fsp3) is 0.455. The lowest BCUT2D eigenvalue weighted by atomic mass is 10.2. The first-order valence-corrected chi connectivity index (χ1v) is 5.29. The van der Waals surface area contributed by atoms with Crippen molar-refractivity contribution in [1.29, 1.82) is 0 Å². The molecule has 0 heterocycles. The molecule has 84 valence electrons. The Morgan fingerprint density at radius 1 is 1.20 bits per heavy atom. The minimum atomic E-state index is 0.0715. The molecule has 0 aromatic heterocycles. The van der Waals surface area contributed by atoms with E-state index in [1.54, 1.807) is 0 Å². The van der Waals surface area contributed by atoms with Crippen molar-refractivity contribution in [2.24, 2.45) is 0 Å². The largest absolute Gasteiger partial charge is 0.395 e. The van der Waals surface area contributed by atoms with E-state index in [1.807, 2.05) is 30.0 Å². The molecule has 15 heavy (non-hydrogen) atoms. The van der Waals surface area contributed by atoms with Gasteiger partial charge in [0, 0.05) is 23.8 Å². The molecule has 2 N–H and O–H groups in total. The summed E-state index contributed by atoms with van der Waals surface area (Å²) in [7, 11) is 0. The predicted octanol–water partition coefficient (Wildman–Crippen LogP) is 1.44. The highest BCUT2D eigenvalue weighted by molar-refractivity contribution is 6.30. The number of hydrogen-bond acceptors (Lipinski definition) is 3. The van der Waals surface area contributed by atoms with Crippen molar-refractivity contribution < 1.29 is 10.2 Å². The van der Waals surface area contributed by atoms with E-state index in [1.165, 1.54) is 0 Å². The summed E-state index contributed by atoms with van der Waals surface area (Å²) in [5.41, 5.74) is 2.05. The maximum absolute atomic E-state index is 8.92. The second kappa shape index (κ2) is 5.95. The summed E-state index contributed by atoms with van der Waals surface area (Å²) in [4.78, 5) is 1.94. The molecular weight excluding hydrogens is 214 g/mol. The van der Waals surface area contributed by atoms with Gasteiger partial charge >= 0.3 is 0 Å². The third kappa shape index (κ3) is 3.38. The zero-order chi connectivity index (χ0) is 11.3. The maximum atomic E-state index is 8.92. The molecule has 0 aliphatic rings. The van der Waals surface area contributed by atoms with E-state index >= 15 is 0 Å². The minimum absolute atomic E-state index is 0.0715. The van der Waals surface area contributed by atoms with E-state index in [0.29, 0.717) is 18.1 Å². The van der Waals surface area contributed by atoms with Crippen LogP contribution in [0.5, 0.6) is 0 Å². The number of anilines is 1. The summed E-state index contributed by atoms with van der Waals surface area (Å²) in [5.74, 6) is 0. The van der Waals surface area contributed by atoms with Gasteiger partial charge in [-0.1, -0.05) is 11.6 Å². The summed E-state index contributed by atoms with van der Waals surface area (Å²) in [6.45, 7) is 3.14. The quantitative estimate of drug-likeness (QED) is 0.803. The van der Waals surface area contributed by atoms with Crippen molar-refractivity contribution in [2.45, 2.75) is 6.92 Å². The van der Waals surface area contributed by atoms with Gasteiger partial charge in [-0.3, -0.25) is 0 Å². The monoisotopic (exact) mass is 229 g/mol. The van der Waals surface area contributed by atoms with Gasteiger partial charge in [0.25, 0.3) is 0 Å². The maximum Gasteiger partial charge on any atom is 0.0606 e. The number of aliphatic hydroxyl groups is 2. The average molecular weight is 230 g/mol. The highest BCUT2D eigenvalue weighted by Gasteiger charge is 2.08. The molecule has 0 aliphatic heterocycles. The summed E-state index contributed by atoms with van der Waals surface area (Å²) in [5, 5.41) is 18.5. The van der Waals surface area contributed by atoms with Gasteiger partial charge in [-0.15, -0.1) is 0 Å². The molecule has 1 rings (SSSR count). The summed E-state index contributed by atoms with van der Waals surface area (Å²) < 4.78 is 0. The lowest BCUT2D eigenvalue weighted by Gasteiger charge is -2.24. The number of benzene rings is 1. The molecule has 0 spiro atoms. The van der Waals surface area contributed by atoms with Crippen LogP contribution in [-0.2, 0) is 0 Å². The highest BCUT2D eigenvalue weighted by atomic mass is 35.5. The predicted molar refractivity (Wildman–Crippen MR) is 62.6 cm³/mol. The molecular formula is C11H16ClNO2. The first-order chi connectivity index (χ1) is 7.19. The number of aliphatic hydroxyl groups excluding tert-OH is 2. The zero-order valence-electron chi connectivity index (χ0n) is 8.78. The first-order valence-electron chi connectivity index (χ1n) is 4.92. The first kappa shape index (κ1) is 12.3. The van der Waals surface area contributed by atoms with E-state index < -0.39 is 0 Å². The molecule has 0 bridgehead atoms. The van der Waals surface area contributed by atoms with E-state index in [2.05, 4.69) is 0 Å². The van der Waals surface area contributed by atoms with Crippen molar-refractivity contribution in [3.63, 3.8) is 0 Å². The van der Waals surface area contributed by atoms with Crippen LogP contribution in [0.1, 0.15) is 5.56 Å². The summed E-state index contributed by atoms with van der Waals surface area (Å²) in [6, 6.07) is 5.59. The number of rotatable bonds is 5. The van der Waals surface area contributed by atoms with Gasteiger partial charge in [-0.05, 0) is 30.7 Å². The van der Waals surface area contributed by atoms with Gasteiger partial charge in [0.1, 0.15) is 0 Å². The van der Waals surface area contributed by atoms with Crippen LogP contribution in [0.15, 0.2) is 18.2 Å². The molecule has 1 aromatic carbocycles. The van der Waals surface area contributed by atoms with Gasteiger partial charge < -0.3 is 15.1 Å².